The fraction of sp³-hybridized carbons (Fsp3) is 0.882. The van der Waals surface area contributed by atoms with E-state index in [-0.39, 0.29) is 11.2 Å². The number of ketones is 1. The normalized spacial score (nSPS) is 27.8. The number of nitrogens with zero attached hydrogens (tertiary/aromatic N) is 1. The molecule has 2 heteroatoms. The molecule has 0 amide bonds. The van der Waals surface area contributed by atoms with Crippen molar-refractivity contribution in [1.82, 2.24) is 0 Å². The number of carbonyl (C=O) groups is 1. The number of nitriles is 1. The minimum Gasteiger partial charge on any atom is -0.297 e. The Kier molecular flexibility index (Phi) is 5.59. The van der Waals surface area contributed by atoms with Crippen molar-refractivity contribution in [3.63, 3.8) is 0 Å². The number of Topliss-reactive ketones (excluding diaryl/α,β-unsaturated/α-hetero) is 1. The Labute approximate surface area is 118 Å². The molecule has 1 fully saturated rings. The second-order valence-corrected chi connectivity index (χ2v) is 6.88. The zero-order valence-electron chi connectivity index (χ0n) is 13.1. The third-order valence-corrected chi connectivity index (χ3v) is 4.85. The molecular weight excluding hydrogens is 234 g/mol. The molecule has 0 saturated heterocycles. The molecule has 0 aromatic carbocycles. The zero-order chi connectivity index (χ0) is 14.5. The summed E-state index contributed by atoms with van der Waals surface area (Å²) in [5.41, 5.74) is -1.01. The highest BCUT2D eigenvalue weighted by Gasteiger charge is 2.49. The maximum absolute atomic E-state index is 12.7. The molecule has 108 valence electrons. The largest absolute Gasteiger partial charge is 0.297 e. The van der Waals surface area contributed by atoms with E-state index in [9.17, 15) is 10.1 Å². The van der Waals surface area contributed by atoms with Gasteiger partial charge in [-0.2, -0.15) is 5.26 Å². The Hall–Kier alpha value is -0.840. The molecule has 2 atom stereocenters. The van der Waals surface area contributed by atoms with Crippen LogP contribution >= 0.6 is 0 Å². The lowest BCUT2D eigenvalue weighted by atomic mass is 9.60. The highest BCUT2D eigenvalue weighted by atomic mass is 16.1. The first-order valence-electron chi connectivity index (χ1n) is 7.88. The maximum atomic E-state index is 12.7. The summed E-state index contributed by atoms with van der Waals surface area (Å²) in [5.74, 6) is 0.723. The van der Waals surface area contributed by atoms with Gasteiger partial charge in [-0.1, -0.05) is 59.8 Å². The second-order valence-electron chi connectivity index (χ2n) is 6.88. The SMILES string of the molecule is CCCCC(CC)CC1(C#N)CCCC(C)(C)C1=O. The van der Waals surface area contributed by atoms with Crippen LogP contribution in [0, 0.1) is 28.1 Å². The number of carbonyl (C=O) groups excluding carboxylic acids is 1. The fourth-order valence-corrected chi connectivity index (χ4v) is 3.49. The lowest BCUT2D eigenvalue weighted by Crippen LogP contribution is -2.44. The van der Waals surface area contributed by atoms with Crippen LogP contribution < -0.4 is 0 Å². The lowest BCUT2D eigenvalue weighted by molar-refractivity contribution is -0.139. The van der Waals surface area contributed by atoms with Crippen molar-refractivity contribution in [1.29, 1.82) is 5.26 Å². The average Bonchev–Trinajstić information content (AvgIpc) is 2.39. The molecule has 0 bridgehead atoms. The van der Waals surface area contributed by atoms with Crippen LogP contribution in [0.1, 0.15) is 79.1 Å². The molecule has 1 aliphatic carbocycles. The van der Waals surface area contributed by atoms with Crippen molar-refractivity contribution in [3.8, 4) is 6.07 Å². The van der Waals surface area contributed by atoms with E-state index < -0.39 is 5.41 Å². The number of hydrogen-bond donors (Lipinski definition) is 0. The molecule has 19 heavy (non-hydrogen) atoms. The minimum atomic E-state index is -0.698. The van der Waals surface area contributed by atoms with E-state index in [2.05, 4.69) is 19.9 Å². The molecular formula is C17H29NO. The third kappa shape index (κ3) is 3.59. The summed E-state index contributed by atoms with van der Waals surface area (Å²) in [6, 6.07) is 2.41. The smallest absolute Gasteiger partial charge is 0.158 e. The minimum absolute atomic E-state index is 0.198. The van der Waals surface area contributed by atoms with E-state index >= 15 is 0 Å². The van der Waals surface area contributed by atoms with Gasteiger partial charge in [0.25, 0.3) is 0 Å². The summed E-state index contributed by atoms with van der Waals surface area (Å²) >= 11 is 0. The Morgan fingerprint density at radius 1 is 1.32 bits per heavy atom. The van der Waals surface area contributed by atoms with E-state index in [0.29, 0.717) is 5.92 Å². The van der Waals surface area contributed by atoms with Crippen molar-refractivity contribution >= 4 is 5.78 Å². The summed E-state index contributed by atoms with van der Waals surface area (Å²) in [6.07, 6.45) is 8.13. The van der Waals surface area contributed by atoms with Gasteiger partial charge in [-0.15, -0.1) is 0 Å². The van der Waals surface area contributed by atoms with Crippen LogP contribution in [0.5, 0.6) is 0 Å². The van der Waals surface area contributed by atoms with Gasteiger partial charge in [0, 0.05) is 5.41 Å². The van der Waals surface area contributed by atoms with Crippen LogP contribution in [0.15, 0.2) is 0 Å². The molecule has 2 nitrogen and oxygen atoms in total. The fourth-order valence-electron chi connectivity index (χ4n) is 3.49. The topological polar surface area (TPSA) is 40.9 Å². The van der Waals surface area contributed by atoms with Crippen molar-refractivity contribution in [2.24, 2.45) is 16.7 Å². The van der Waals surface area contributed by atoms with E-state index in [1.807, 2.05) is 13.8 Å². The molecule has 0 spiro atoms. The zero-order valence-corrected chi connectivity index (χ0v) is 13.1. The molecule has 0 radical (unpaired) electrons. The van der Waals surface area contributed by atoms with E-state index in [0.717, 1.165) is 38.5 Å². The quantitative estimate of drug-likeness (QED) is 0.685. The molecule has 0 aliphatic heterocycles. The predicted octanol–water partition coefficient (Wildman–Crippen LogP) is 4.88. The second kappa shape index (κ2) is 6.55. The van der Waals surface area contributed by atoms with Crippen molar-refractivity contribution in [2.45, 2.75) is 79.1 Å². The number of unbranched alkanes of at least 4 members (excludes halogenated alkanes) is 1. The van der Waals surface area contributed by atoms with Gasteiger partial charge in [0.15, 0.2) is 5.78 Å². The monoisotopic (exact) mass is 263 g/mol. The van der Waals surface area contributed by atoms with Gasteiger partial charge in [0.1, 0.15) is 5.41 Å². The first-order chi connectivity index (χ1) is 8.91. The predicted molar refractivity (Wildman–Crippen MR) is 78.6 cm³/mol. The molecule has 0 heterocycles. The summed E-state index contributed by atoms with van der Waals surface area (Å²) in [7, 11) is 0. The Balaban J connectivity index is 2.85. The van der Waals surface area contributed by atoms with Crippen LogP contribution in [0.3, 0.4) is 0 Å². The third-order valence-electron chi connectivity index (χ3n) is 4.85. The molecule has 1 aliphatic rings. The van der Waals surface area contributed by atoms with Gasteiger partial charge in [-0.05, 0) is 25.2 Å². The van der Waals surface area contributed by atoms with Gasteiger partial charge in [-0.25, -0.2) is 0 Å². The molecule has 0 N–H and O–H groups in total. The van der Waals surface area contributed by atoms with Crippen LogP contribution in [0.4, 0.5) is 0 Å². The number of rotatable bonds is 6. The van der Waals surface area contributed by atoms with E-state index in [1.165, 1.54) is 12.8 Å². The van der Waals surface area contributed by atoms with Crippen LogP contribution in [-0.4, -0.2) is 5.78 Å². The van der Waals surface area contributed by atoms with E-state index in [1.54, 1.807) is 0 Å². The molecule has 1 saturated carbocycles. The summed E-state index contributed by atoms with van der Waals surface area (Å²) < 4.78 is 0. The van der Waals surface area contributed by atoms with Gasteiger partial charge in [0.2, 0.25) is 0 Å². The molecule has 0 aromatic rings. The first-order valence-corrected chi connectivity index (χ1v) is 7.88. The Morgan fingerprint density at radius 3 is 2.53 bits per heavy atom. The highest BCUT2D eigenvalue weighted by Crippen LogP contribution is 2.47. The van der Waals surface area contributed by atoms with Crippen LogP contribution in [0.2, 0.25) is 0 Å². The Bertz CT molecular complexity index is 353. The van der Waals surface area contributed by atoms with Crippen LogP contribution in [-0.2, 0) is 4.79 Å². The molecule has 2 unspecified atom stereocenters. The van der Waals surface area contributed by atoms with Crippen molar-refractivity contribution in [3.05, 3.63) is 0 Å². The first kappa shape index (κ1) is 16.2. The lowest BCUT2D eigenvalue weighted by Gasteiger charge is -2.40. The van der Waals surface area contributed by atoms with Gasteiger partial charge < -0.3 is 0 Å². The van der Waals surface area contributed by atoms with E-state index in [4.69, 9.17) is 0 Å². The van der Waals surface area contributed by atoms with Crippen molar-refractivity contribution in [2.75, 3.05) is 0 Å². The maximum Gasteiger partial charge on any atom is 0.158 e. The van der Waals surface area contributed by atoms with Gasteiger partial charge in [0.05, 0.1) is 6.07 Å². The van der Waals surface area contributed by atoms with Gasteiger partial charge >= 0.3 is 0 Å². The van der Waals surface area contributed by atoms with Crippen molar-refractivity contribution < 1.29 is 4.79 Å². The highest BCUT2D eigenvalue weighted by molar-refractivity contribution is 5.92. The standard InChI is InChI=1S/C17H29NO/c1-5-7-9-14(6-2)12-17(13-18)11-8-10-16(3,4)15(17)19/h14H,5-12H2,1-4H3. The summed E-state index contributed by atoms with van der Waals surface area (Å²) in [4.78, 5) is 12.7. The van der Waals surface area contributed by atoms with Crippen LogP contribution in [0.25, 0.3) is 0 Å². The molecule has 1 rings (SSSR count). The molecule has 0 aromatic heterocycles. The number of hydrogen-bond acceptors (Lipinski definition) is 2. The van der Waals surface area contributed by atoms with Gasteiger partial charge in [-0.3, -0.25) is 4.79 Å². The average molecular weight is 263 g/mol. The Morgan fingerprint density at radius 2 is 2.00 bits per heavy atom. The summed E-state index contributed by atoms with van der Waals surface area (Å²) in [6.45, 7) is 8.40. The summed E-state index contributed by atoms with van der Waals surface area (Å²) in [5, 5.41) is 9.64.